The highest BCUT2D eigenvalue weighted by molar-refractivity contribution is 7.17. The lowest BCUT2D eigenvalue weighted by atomic mass is 9.86. The van der Waals surface area contributed by atoms with E-state index >= 15 is 0 Å². The summed E-state index contributed by atoms with van der Waals surface area (Å²) < 4.78 is 1.23. The summed E-state index contributed by atoms with van der Waals surface area (Å²) in [7, 11) is 0. The number of anilines is 9. The lowest BCUT2D eigenvalue weighted by Crippen LogP contribution is -2.17. The molecule has 0 spiro atoms. The molecule has 0 aliphatic heterocycles. The number of halogens is 1. The molecule has 3 nitrogen and oxygen atoms in total. The molecule has 0 amide bonds. The van der Waals surface area contributed by atoms with E-state index in [-0.39, 0.29) is 27.1 Å². The molecular weight excluding hydrogens is 950 g/mol. The molecule has 0 atom stereocenters. The highest BCUT2D eigenvalue weighted by Crippen LogP contribution is 2.52. The molecule has 384 valence electrons. The van der Waals surface area contributed by atoms with Gasteiger partial charge < -0.3 is 14.7 Å². The van der Waals surface area contributed by atoms with E-state index in [1.54, 1.807) is 11.3 Å². The van der Waals surface area contributed by atoms with Gasteiger partial charge in [-0.3, -0.25) is 0 Å². The summed E-state index contributed by atoms with van der Waals surface area (Å²) >= 11 is 10.1. The van der Waals surface area contributed by atoms with Crippen LogP contribution in [0.1, 0.15) is 132 Å². The summed E-state index contributed by atoms with van der Waals surface area (Å²) in [6, 6.07) is 67.5. The van der Waals surface area contributed by atoms with Gasteiger partial charge in [0, 0.05) is 49.6 Å². The van der Waals surface area contributed by atoms with Crippen LogP contribution in [0.5, 0.6) is 0 Å². The fourth-order valence-electron chi connectivity index (χ4n) is 9.87. The molecule has 8 aromatic carbocycles. The Balaban J connectivity index is 1.32. The van der Waals surface area contributed by atoms with E-state index in [0.717, 1.165) is 62.3 Å². The van der Waals surface area contributed by atoms with Gasteiger partial charge in [0.2, 0.25) is 0 Å². The van der Waals surface area contributed by atoms with Crippen molar-refractivity contribution in [2.24, 2.45) is 0 Å². The predicted molar refractivity (Wildman–Crippen MR) is 330 cm³/mol. The summed E-state index contributed by atoms with van der Waals surface area (Å²) in [6.45, 7) is 34.1. The van der Waals surface area contributed by atoms with E-state index in [4.69, 9.17) is 11.6 Å². The highest BCUT2D eigenvalue weighted by atomic mass is 35.5. The molecule has 0 saturated heterocycles. The number of rotatable bonds is 10. The highest BCUT2D eigenvalue weighted by Gasteiger charge is 2.29. The van der Waals surface area contributed by atoms with Crippen LogP contribution in [0.25, 0.3) is 21.2 Å². The third-order valence-electron chi connectivity index (χ3n) is 14.6. The van der Waals surface area contributed by atoms with Crippen LogP contribution in [0.3, 0.4) is 0 Å². The standard InChI is InChI=1S/C70H76ClN3S/c1-66(2,3)49-24-33-54(34-25-49)72(55-35-26-50(27-36-55)67(4,5)6)58-22-19-23-59(45-58)73(56-37-28-51(29-38-56)68(7,8)9)61-42-48(47-20-17-16-18-21-47)43-62(65(61)71)74(57-39-30-52(31-40-57)69(10,11)12)63-46-75-64-41-32-53(44-60(63)64)70(13,14)15/h16-46H,1-15H3. The summed E-state index contributed by atoms with van der Waals surface area (Å²) in [5, 5.41) is 4.14. The van der Waals surface area contributed by atoms with Crippen LogP contribution >= 0.6 is 22.9 Å². The third-order valence-corrected chi connectivity index (χ3v) is 15.9. The quantitative estimate of drug-likeness (QED) is 0.135. The van der Waals surface area contributed by atoms with Gasteiger partial charge in [0.25, 0.3) is 0 Å². The number of hydrogen-bond donors (Lipinski definition) is 0. The first-order valence-electron chi connectivity index (χ1n) is 26.6. The Bertz CT molecular complexity index is 3370. The summed E-state index contributed by atoms with van der Waals surface area (Å²) in [5.74, 6) is 0. The van der Waals surface area contributed by atoms with Crippen LogP contribution < -0.4 is 14.7 Å². The Hall–Kier alpha value is -6.59. The second-order valence-electron chi connectivity index (χ2n) is 25.5. The Labute approximate surface area is 458 Å². The minimum absolute atomic E-state index is 0.0169. The Morgan fingerprint density at radius 1 is 0.307 bits per heavy atom. The molecule has 9 aromatic rings. The molecule has 0 bridgehead atoms. The molecule has 0 fully saturated rings. The first kappa shape index (κ1) is 53.2. The first-order chi connectivity index (χ1) is 35.3. The van der Waals surface area contributed by atoms with Crippen LogP contribution in [0.2, 0.25) is 5.02 Å². The normalized spacial score (nSPS) is 12.5. The fourth-order valence-corrected chi connectivity index (χ4v) is 11.1. The molecule has 75 heavy (non-hydrogen) atoms. The van der Waals surface area contributed by atoms with Gasteiger partial charge in [-0.2, -0.15) is 0 Å². The lowest BCUT2D eigenvalue weighted by Gasteiger charge is -2.33. The maximum absolute atomic E-state index is 8.29. The molecule has 5 heteroatoms. The molecule has 0 N–H and O–H groups in total. The van der Waals surface area contributed by atoms with Crippen LogP contribution in [0.15, 0.2) is 187 Å². The SMILES string of the molecule is CC(C)(C)c1ccc(N(c2ccc(C(C)(C)C)cc2)c2cccc(N(c3ccc(C(C)(C)C)cc3)c3cc(-c4ccccc4)cc(N(c4ccc(C(C)(C)C)cc4)c4csc5ccc(C(C)(C)C)cc45)c3Cl)c2)cc1. The van der Waals surface area contributed by atoms with Gasteiger partial charge in [0.1, 0.15) is 0 Å². The zero-order valence-electron chi connectivity index (χ0n) is 47.0. The zero-order chi connectivity index (χ0) is 53.8. The first-order valence-corrected chi connectivity index (χ1v) is 27.8. The summed E-state index contributed by atoms with van der Waals surface area (Å²) in [5.41, 5.74) is 17.6. The van der Waals surface area contributed by atoms with E-state index in [2.05, 4.69) is 306 Å². The van der Waals surface area contributed by atoms with Gasteiger partial charge in [0.05, 0.1) is 22.1 Å². The van der Waals surface area contributed by atoms with Crippen molar-refractivity contribution in [1.29, 1.82) is 0 Å². The topological polar surface area (TPSA) is 9.72 Å². The lowest BCUT2D eigenvalue weighted by molar-refractivity contribution is 0.590. The average molecular weight is 1030 g/mol. The van der Waals surface area contributed by atoms with Crippen LogP contribution in [0, 0.1) is 0 Å². The molecule has 0 aliphatic rings. The van der Waals surface area contributed by atoms with E-state index in [1.165, 1.54) is 37.9 Å². The summed E-state index contributed by atoms with van der Waals surface area (Å²) in [4.78, 5) is 7.15. The molecular formula is C70H76ClN3S. The Morgan fingerprint density at radius 2 is 0.680 bits per heavy atom. The van der Waals surface area contributed by atoms with Gasteiger partial charge >= 0.3 is 0 Å². The van der Waals surface area contributed by atoms with Crippen molar-refractivity contribution in [3.8, 4) is 11.1 Å². The Kier molecular flexibility index (Phi) is 14.3. The maximum atomic E-state index is 8.29. The third kappa shape index (κ3) is 11.3. The monoisotopic (exact) mass is 1030 g/mol. The van der Waals surface area contributed by atoms with Gasteiger partial charge in [-0.05, 0) is 157 Å². The maximum Gasteiger partial charge on any atom is 0.0887 e. The van der Waals surface area contributed by atoms with Crippen molar-refractivity contribution >= 4 is 84.2 Å². The average Bonchev–Trinajstić information content (AvgIpc) is 3.78. The Morgan fingerprint density at radius 3 is 1.11 bits per heavy atom. The molecule has 0 unspecified atom stereocenters. The predicted octanol–water partition coefficient (Wildman–Crippen LogP) is 22.1. The van der Waals surface area contributed by atoms with Crippen molar-refractivity contribution in [2.75, 3.05) is 14.7 Å². The van der Waals surface area contributed by atoms with E-state index in [0.29, 0.717) is 5.02 Å². The summed E-state index contributed by atoms with van der Waals surface area (Å²) in [6.07, 6.45) is 0. The van der Waals surface area contributed by atoms with Gasteiger partial charge in [-0.25, -0.2) is 0 Å². The van der Waals surface area contributed by atoms with Crippen LogP contribution in [-0.4, -0.2) is 0 Å². The minimum atomic E-state index is -0.0382. The molecule has 0 radical (unpaired) electrons. The number of fused-ring (bicyclic) bond motifs is 1. The van der Waals surface area contributed by atoms with Gasteiger partial charge in [-0.15, -0.1) is 11.3 Å². The molecule has 1 aromatic heterocycles. The minimum Gasteiger partial charge on any atom is -0.310 e. The second-order valence-corrected chi connectivity index (χ2v) is 26.8. The second kappa shape index (κ2) is 20.2. The van der Waals surface area contributed by atoms with E-state index in [1.807, 2.05) is 0 Å². The van der Waals surface area contributed by atoms with Crippen LogP contribution in [0.4, 0.5) is 51.2 Å². The number of nitrogens with zero attached hydrogens (tertiary/aromatic N) is 3. The van der Waals surface area contributed by atoms with Gasteiger partial charge in [0.15, 0.2) is 0 Å². The van der Waals surface area contributed by atoms with Crippen molar-refractivity contribution < 1.29 is 0 Å². The molecule has 9 rings (SSSR count). The number of thiophene rings is 1. The number of benzene rings is 8. The van der Waals surface area contributed by atoms with Gasteiger partial charge in [-0.1, -0.05) is 206 Å². The molecule has 0 aliphatic carbocycles. The molecule has 0 saturated carbocycles. The van der Waals surface area contributed by atoms with Crippen LogP contribution in [-0.2, 0) is 27.1 Å². The van der Waals surface area contributed by atoms with Crippen molar-refractivity contribution in [2.45, 2.75) is 131 Å². The van der Waals surface area contributed by atoms with Crippen molar-refractivity contribution in [3.05, 3.63) is 220 Å². The van der Waals surface area contributed by atoms with Crippen molar-refractivity contribution in [1.82, 2.24) is 0 Å². The number of hydrogen-bond acceptors (Lipinski definition) is 4. The molecule has 1 heterocycles. The van der Waals surface area contributed by atoms with E-state index < -0.39 is 0 Å². The fraction of sp³-hybridized carbons (Fsp3) is 0.286. The largest absolute Gasteiger partial charge is 0.310 e. The smallest absolute Gasteiger partial charge is 0.0887 e. The van der Waals surface area contributed by atoms with Crippen molar-refractivity contribution in [3.63, 3.8) is 0 Å². The van der Waals surface area contributed by atoms with E-state index in [9.17, 15) is 0 Å². The zero-order valence-corrected chi connectivity index (χ0v) is 48.6.